The summed E-state index contributed by atoms with van der Waals surface area (Å²) in [7, 11) is 0. The zero-order valence-electron chi connectivity index (χ0n) is 9.85. The van der Waals surface area contributed by atoms with Crippen molar-refractivity contribution >= 4 is 5.91 Å². The third-order valence-corrected chi connectivity index (χ3v) is 2.87. The average Bonchev–Trinajstić information content (AvgIpc) is 2.89. The third kappa shape index (κ3) is 3.87. The summed E-state index contributed by atoms with van der Waals surface area (Å²) in [5.74, 6) is -0.0726. The van der Waals surface area contributed by atoms with E-state index in [9.17, 15) is 4.79 Å². The molecule has 94 valence electrons. The van der Waals surface area contributed by atoms with Crippen LogP contribution in [0.4, 0.5) is 0 Å². The molecule has 1 amide bonds. The Labute approximate surface area is 101 Å². The molecule has 0 radical (unpaired) electrons. The van der Waals surface area contributed by atoms with Gasteiger partial charge in [-0.05, 0) is 38.1 Å². The van der Waals surface area contributed by atoms with Crippen LogP contribution < -0.4 is 5.48 Å². The molecule has 2 heterocycles. The van der Waals surface area contributed by atoms with Gasteiger partial charge in [-0.3, -0.25) is 9.63 Å². The maximum atomic E-state index is 11.4. The van der Waals surface area contributed by atoms with Gasteiger partial charge in [0.05, 0.1) is 12.9 Å². The molecule has 0 aliphatic carbocycles. The standard InChI is InChI=1S/C12H18N2O3/c15-12(11-5-4-9-16-11)13-17-10-8-14-6-2-1-3-7-14/h4-5,9H,1-3,6-8,10H2,(H,13,15). The van der Waals surface area contributed by atoms with Crippen molar-refractivity contribution in [1.29, 1.82) is 0 Å². The Hall–Kier alpha value is -1.33. The largest absolute Gasteiger partial charge is 0.459 e. The van der Waals surface area contributed by atoms with Gasteiger partial charge in [0.15, 0.2) is 5.76 Å². The maximum Gasteiger partial charge on any atom is 0.310 e. The minimum absolute atomic E-state index is 0.267. The number of hydrogen-bond donors (Lipinski definition) is 1. The summed E-state index contributed by atoms with van der Waals surface area (Å²) < 4.78 is 4.94. The van der Waals surface area contributed by atoms with Crippen molar-refractivity contribution in [2.75, 3.05) is 26.2 Å². The van der Waals surface area contributed by atoms with Crippen LogP contribution in [0.3, 0.4) is 0 Å². The predicted molar refractivity (Wildman–Crippen MR) is 62.4 cm³/mol. The number of carbonyl (C=O) groups excluding carboxylic acids is 1. The normalized spacial score (nSPS) is 16.9. The van der Waals surface area contributed by atoms with Crippen molar-refractivity contribution in [3.05, 3.63) is 24.2 Å². The average molecular weight is 238 g/mol. The fraction of sp³-hybridized carbons (Fsp3) is 0.583. The number of amides is 1. The van der Waals surface area contributed by atoms with E-state index in [0.717, 1.165) is 19.6 Å². The molecule has 0 aromatic carbocycles. The summed E-state index contributed by atoms with van der Waals surface area (Å²) >= 11 is 0. The highest BCUT2D eigenvalue weighted by molar-refractivity contribution is 5.90. The minimum Gasteiger partial charge on any atom is -0.459 e. The van der Waals surface area contributed by atoms with Gasteiger partial charge >= 0.3 is 5.91 Å². The van der Waals surface area contributed by atoms with Crippen molar-refractivity contribution in [3.8, 4) is 0 Å². The van der Waals surface area contributed by atoms with Gasteiger partial charge in [0.1, 0.15) is 0 Å². The second-order valence-corrected chi connectivity index (χ2v) is 4.16. The van der Waals surface area contributed by atoms with Crippen LogP contribution in [-0.2, 0) is 4.84 Å². The quantitative estimate of drug-likeness (QED) is 0.622. The van der Waals surface area contributed by atoms with E-state index in [1.165, 1.54) is 25.5 Å². The molecule has 1 aromatic rings. The molecule has 5 heteroatoms. The first-order chi connectivity index (χ1) is 8.36. The fourth-order valence-electron chi connectivity index (χ4n) is 1.93. The topological polar surface area (TPSA) is 54.7 Å². The smallest absolute Gasteiger partial charge is 0.310 e. The number of piperidine rings is 1. The van der Waals surface area contributed by atoms with Gasteiger partial charge in [-0.15, -0.1) is 0 Å². The van der Waals surface area contributed by atoms with Gasteiger partial charge in [-0.1, -0.05) is 6.42 Å². The maximum absolute atomic E-state index is 11.4. The molecule has 1 aliphatic rings. The Morgan fingerprint density at radius 1 is 1.41 bits per heavy atom. The summed E-state index contributed by atoms with van der Waals surface area (Å²) in [4.78, 5) is 18.9. The Kier molecular flexibility index (Phi) is 4.58. The molecule has 1 saturated heterocycles. The monoisotopic (exact) mass is 238 g/mol. The van der Waals surface area contributed by atoms with E-state index in [1.807, 2.05) is 0 Å². The third-order valence-electron chi connectivity index (χ3n) is 2.87. The Morgan fingerprint density at radius 3 is 2.94 bits per heavy atom. The molecule has 0 unspecified atom stereocenters. The Bertz CT molecular complexity index is 332. The molecule has 0 saturated carbocycles. The molecular weight excluding hydrogens is 220 g/mol. The van der Waals surface area contributed by atoms with E-state index in [-0.39, 0.29) is 11.7 Å². The minimum atomic E-state index is -0.339. The highest BCUT2D eigenvalue weighted by Gasteiger charge is 2.10. The van der Waals surface area contributed by atoms with E-state index in [4.69, 9.17) is 9.25 Å². The molecule has 2 rings (SSSR count). The van der Waals surface area contributed by atoms with Gasteiger partial charge < -0.3 is 9.32 Å². The first kappa shape index (κ1) is 12.1. The van der Waals surface area contributed by atoms with E-state index in [2.05, 4.69) is 10.4 Å². The number of furan rings is 1. The molecule has 1 fully saturated rings. The van der Waals surface area contributed by atoms with Crippen LogP contribution in [0.5, 0.6) is 0 Å². The molecule has 17 heavy (non-hydrogen) atoms. The van der Waals surface area contributed by atoms with Gasteiger partial charge in [0, 0.05) is 6.54 Å². The van der Waals surface area contributed by atoms with Crippen LogP contribution in [0.15, 0.2) is 22.8 Å². The lowest BCUT2D eigenvalue weighted by Crippen LogP contribution is -2.34. The number of hydroxylamine groups is 1. The summed E-state index contributed by atoms with van der Waals surface area (Å²) in [6, 6.07) is 3.27. The Morgan fingerprint density at radius 2 is 2.24 bits per heavy atom. The molecule has 1 aromatic heterocycles. The predicted octanol–water partition coefficient (Wildman–Crippen LogP) is 1.43. The van der Waals surface area contributed by atoms with Crippen molar-refractivity contribution in [2.24, 2.45) is 0 Å². The van der Waals surface area contributed by atoms with Crippen molar-refractivity contribution in [2.45, 2.75) is 19.3 Å². The van der Waals surface area contributed by atoms with Gasteiger partial charge in [-0.25, -0.2) is 5.48 Å². The molecule has 5 nitrogen and oxygen atoms in total. The highest BCUT2D eigenvalue weighted by Crippen LogP contribution is 2.07. The fourth-order valence-corrected chi connectivity index (χ4v) is 1.93. The van der Waals surface area contributed by atoms with Crippen LogP contribution in [0.1, 0.15) is 29.8 Å². The van der Waals surface area contributed by atoms with E-state index < -0.39 is 0 Å². The molecule has 1 N–H and O–H groups in total. The first-order valence-electron chi connectivity index (χ1n) is 6.04. The number of rotatable bonds is 5. The van der Waals surface area contributed by atoms with Crippen LogP contribution in [-0.4, -0.2) is 37.0 Å². The van der Waals surface area contributed by atoms with Crippen molar-refractivity contribution in [3.63, 3.8) is 0 Å². The summed E-state index contributed by atoms with van der Waals surface area (Å²) in [6.45, 7) is 3.63. The van der Waals surface area contributed by atoms with Crippen LogP contribution in [0.25, 0.3) is 0 Å². The zero-order chi connectivity index (χ0) is 11.9. The highest BCUT2D eigenvalue weighted by atomic mass is 16.7. The lowest BCUT2D eigenvalue weighted by molar-refractivity contribution is 0.0187. The number of carbonyl (C=O) groups is 1. The lowest BCUT2D eigenvalue weighted by Gasteiger charge is -2.25. The molecule has 0 spiro atoms. The summed E-state index contributed by atoms with van der Waals surface area (Å²) in [6.07, 6.45) is 5.31. The van der Waals surface area contributed by atoms with Crippen molar-refractivity contribution in [1.82, 2.24) is 10.4 Å². The Balaban J connectivity index is 1.58. The summed E-state index contributed by atoms with van der Waals surface area (Å²) in [5.41, 5.74) is 2.37. The molecule has 0 bridgehead atoms. The SMILES string of the molecule is O=C(NOCCN1CCCCC1)c1ccco1. The number of nitrogens with one attached hydrogen (secondary N) is 1. The van der Waals surface area contributed by atoms with Crippen LogP contribution >= 0.6 is 0 Å². The lowest BCUT2D eigenvalue weighted by atomic mass is 10.1. The first-order valence-corrected chi connectivity index (χ1v) is 6.04. The van der Waals surface area contributed by atoms with E-state index >= 15 is 0 Å². The molecular formula is C12H18N2O3. The number of nitrogens with zero attached hydrogens (tertiary/aromatic N) is 1. The van der Waals surface area contributed by atoms with Gasteiger partial charge in [0.25, 0.3) is 0 Å². The van der Waals surface area contributed by atoms with Crippen molar-refractivity contribution < 1.29 is 14.0 Å². The molecule has 0 atom stereocenters. The van der Waals surface area contributed by atoms with E-state index in [0.29, 0.717) is 6.61 Å². The van der Waals surface area contributed by atoms with Gasteiger partial charge in [-0.2, -0.15) is 0 Å². The number of hydrogen-bond acceptors (Lipinski definition) is 4. The number of likely N-dealkylation sites (tertiary alicyclic amines) is 1. The van der Waals surface area contributed by atoms with E-state index in [1.54, 1.807) is 12.1 Å². The molecule has 1 aliphatic heterocycles. The van der Waals surface area contributed by atoms with Crippen LogP contribution in [0, 0.1) is 0 Å². The zero-order valence-corrected chi connectivity index (χ0v) is 9.85. The second-order valence-electron chi connectivity index (χ2n) is 4.16. The second kappa shape index (κ2) is 6.42. The van der Waals surface area contributed by atoms with Crippen LogP contribution in [0.2, 0.25) is 0 Å². The van der Waals surface area contributed by atoms with Gasteiger partial charge in [0.2, 0.25) is 0 Å². The summed E-state index contributed by atoms with van der Waals surface area (Å²) in [5, 5.41) is 0.